The number of nitriles is 1. The van der Waals surface area contributed by atoms with E-state index in [1.807, 2.05) is 0 Å². The molecule has 7 nitrogen and oxygen atoms in total. The van der Waals surface area contributed by atoms with E-state index >= 15 is 0 Å². The Hall–Kier alpha value is -3.67. The Morgan fingerprint density at radius 1 is 1.16 bits per heavy atom. The number of carbonyl (C=O) groups excluding carboxylic acids is 1. The first kappa shape index (κ1) is 23.0. The van der Waals surface area contributed by atoms with Gasteiger partial charge in [-0.2, -0.15) is 5.26 Å². The quantitative estimate of drug-likeness (QED) is 0.178. The van der Waals surface area contributed by atoms with E-state index in [0.717, 1.165) is 4.47 Å². The van der Waals surface area contributed by atoms with Crippen molar-refractivity contribution in [2.24, 2.45) is 0 Å². The summed E-state index contributed by atoms with van der Waals surface area (Å²) >= 11 is 9.23. The molecule has 0 aromatic heterocycles. The number of rotatable bonds is 7. The molecule has 160 valence electrons. The number of ether oxygens (including phenoxy) is 1. The van der Waals surface area contributed by atoms with Gasteiger partial charge in [-0.25, -0.2) is 0 Å². The molecule has 0 atom stereocenters. The third-order valence-corrected chi connectivity index (χ3v) is 5.01. The van der Waals surface area contributed by atoms with Crippen LogP contribution < -0.4 is 10.1 Å². The van der Waals surface area contributed by atoms with Crippen LogP contribution in [0.25, 0.3) is 11.6 Å². The number of hydrogen-bond donors (Lipinski definition) is 1. The van der Waals surface area contributed by atoms with Crippen molar-refractivity contribution in [2.45, 2.75) is 0 Å². The lowest BCUT2D eigenvalue weighted by Gasteiger charge is -2.11. The second-order valence-electron chi connectivity index (χ2n) is 6.50. The maximum Gasteiger partial charge on any atom is 0.269 e. The Morgan fingerprint density at radius 3 is 2.47 bits per heavy atom. The molecular weight excluding hydrogens is 498 g/mol. The van der Waals surface area contributed by atoms with Crippen LogP contribution in [0.3, 0.4) is 0 Å². The van der Waals surface area contributed by atoms with Gasteiger partial charge in [-0.05, 0) is 66.2 Å². The van der Waals surface area contributed by atoms with Crippen LogP contribution in [-0.2, 0) is 4.79 Å². The third kappa shape index (κ3) is 6.17. The van der Waals surface area contributed by atoms with Crippen molar-refractivity contribution >= 4 is 56.5 Å². The SMILES string of the molecule is N#C/C(=C\c1cc(Br)ccc1OCC(=O)Nc1ccc(Cl)cc1)c1ccc([N+](=O)[O-])cc1. The molecule has 1 amide bonds. The summed E-state index contributed by atoms with van der Waals surface area (Å²) in [6.07, 6.45) is 1.60. The molecule has 0 aliphatic rings. The van der Waals surface area contributed by atoms with Crippen LogP contribution in [-0.4, -0.2) is 17.4 Å². The van der Waals surface area contributed by atoms with Gasteiger partial charge < -0.3 is 10.1 Å². The summed E-state index contributed by atoms with van der Waals surface area (Å²) in [5.41, 5.74) is 1.89. The van der Waals surface area contributed by atoms with Gasteiger partial charge in [0, 0.05) is 32.9 Å². The minimum atomic E-state index is -0.505. The second kappa shape index (κ2) is 10.6. The average molecular weight is 513 g/mol. The van der Waals surface area contributed by atoms with E-state index in [-0.39, 0.29) is 23.8 Å². The molecular formula is C23H15BrClN3O4. The Balaban J connectivity index is 1.79. The summed E-state index contributed by atoms with van der Waals surface area (Å²) in [5, 5.41) is 23.7. The first-order valence-corrected chi connectivity index (χ1v) is 10.4. The number of carbonyl (C=O) groups is 1. The van der Waals surface area contributed by atoms with Gasteiger partial charge in [-0.1, -0.05) is 27.5 Å². The van der Waals surface area contributed by atoms with Gasteiger partial charge in [0.15, 0.2) is 6.61 Å². The van der Waals surface area contributed by atoms with Crippen LogP contribution in [0.4, 0.5) is 11.4 Å². The molecule has 3 aromatic rings. The molecule has 32 heavy (non-hydrogen) atoms. The predicted molar refractivity (Wildman–Crippen MR) is 126 cm³/mol. The van der Waals surface area contributed by atoms with Crippen LogP contribution in [0.5, 0.6) is 5.75 Å². The van der Waals surface area contributed by atoms with Crippen LogP contribution in [0, 0.1) is 21.4 Å². The molecule has 3 rings (SSSR count). The normalized spacial score (nSPS) is 10.8. The van der Waals surface area contributed by atoms with Crippen LogP contribution >= 0.6 is 27.5 Å². The predicted octanol–water partition coefficient (Wildman–Crippen LogP) is 6.09. The van der Waals surface area contributed by atoms with Crippen molar-refractivity contribution in [3.05, 3.63) is 97.5 Å². The fourth-order valence-corrected chi connectivity index (χ4v) is 3.24. The highest BCUT2D eigenvalue weighted by Gasteiger charge is 2.11. The van der Waals surface area contributed by atoms with Crippen molar-refractivity contribution < 1.29 is 14.5 Å². The van der Waals surface area contributed by atoms with Gasteiger partial charge in [-0.3, -0.25) is 14.9 Å². The Kier molecular flexibility index (Phi) is 7.60. The number of non-ortho nitro benzene ring substituents is 1. The maximum atomic E-state index is 12.2. The molecule has 1 N–H and O–H groups in total. The van der Waals surface area contributed by atoms with E-state index in [4.69, 9.17) is 16.3 Å². The number of halogens is 2. The van der Waals surface area contributed by atoms with Crippen molar-refractivity contribution in [3.8, 4) is 11.8 Å². The molecule has 0 aliphatic carbocycles. The number of hydrogen-bond acceptors (Lipinski definition) is 5. The molecule has 0 heterocycles. The van der Waals surface area contributed by atoms with Gasteiger partial charge in [0.25, 0.3) is 11.6 Å². The fraction of sp³-hybridized carbons (Fsp3) is 0.0435. The van der Waals surface area contributed by atoms with Gasteiger partial charge >= 0.3 is 0 Å². The van der Waals surface area contributed by atoms with Crippen molar-refractivity contribution in [3.63, 3.8) is 0 Å². The first-order valence-electron chi connectivity index (χ1n) is 9.20. The van der Waals surface area contributed by atoms with Crippen LogP contribution in [0.1, 0.15) is 11.1 Å². The number of benzene rings is 3. The lowest BCUT2D eigenvalue weighted by molar-refractivity contribution is -0.384. The zero-order valence-electron chi connectivity index (χ0n) is 16.4. The number of nitrogens with one attached hydrogen (secondary N) is 1. The largest absolute Gasteiger partial charge is 0.483 e. The van der Waals surface area contributed by atoms with E-state index in [0.29, 0.717) is 27.6 Å². The Labute approximate surface area is 197 Å². The van der Waals surface area contributed by atoms with E-state index in [2.05, 4.69) is 27.3 Å². The smallest absolute Gasteiger partial charge is 0.269 e. The molecule has 0 aliphatic heterocycles. The fourth-order valence-electron chi connectivity index (χ4n) is 2.74. The van der Waals surface area contributed by atoms with Crippen LogP contribution in [0.15, 0.2) is 71.2 Å². The van der Waals surface area contributed by atoms with Crippen molar-refractivity contribution in [2.75, 3.05) is 11.9 Å². The standard InChI is InChI=1S/C23H15BrClN3O4/c24-18-3-10-22(32-14-23(29)27-20-6-4-19(25)5-7-20)16(12-18)11-17(13-26)15-1-8-21(9-2-15)28(30)31/h1-12H,14H2,(H,27,29)/b17-11+. The molecule has 0 saturated carbocycles. The summed E-state index contributed by atoms with van der Waals surface area (Å²) in [6, 6.07) is 19.6. The molecule has 0 bridgehead atoms. The minimum Gasteiger partial charge on any atom is -0.483 e. The van der Waals surface area contributed by atoms with E-state index < -0.39 is 4.92 Å². The van der Waals surface area contributed by atoms with E-state index in [9.17, 15) is 20.2 Å². The van der Waals surface area contributed by atoms with E-state index in [1.165, 1.54) is 24.3 Å². The summed E-state index contributed by atoms with van der Waals surface area (Å²) in [7, 11) is 0. The Morgan fingerprint density at radius 2 is 1.84 bits per heavy atom. The number of anilines is 1. The zero-order valence-corrected chi connectivity index (χ0v) is 18.8. The highest BCUT2D eigenvalue weighted by molar-refractivity contribution is 9.10. The summed E-state index contributed by atoms with van der Waals surface area (Å²) < 4.78 is 6.43. The molecule has 9 heteroatoms. The first-order chi connectivity index (χ1) is 15.4. The summed E-state index contributed by atoms with van der Waals surface area (Å²) in [5.74, 6) is 0.0372. The Bertz CT molecular complexity index is 1220. The average Bonchev–Trinajstić information content (AvgIpc) is 2.78. The van der Waals surface area contributed by atoms with E-state index in [1.54, 1.807) is 48.5 Å². The molecule has 0 spiro atoms. The lowest BCUT2D eigenvalue weighted by atomic mass is 10.0. The van der Waals surface area contributed by atoms with Gasteiger partial charge in [0.05, 0.1) is 16.6 Å². The lowest BCUT2D eigenvalue weighted by Crippen LogP contribution is -2.20. The second-order valence-corrected chi connectivity index (χ2v) is 7.85. The molecule has 0 fully saturated rings. The van der Waals surface area contributed by atoms with Crippen molar-refractivity contribution in [1.29, 1.82) is 5.26 Å². The van der Waals surface area contributed by atoms with Gasteiger partial charge in [-0.15, -0.1) is 0 Å². The maximum absolute atomic E-state index is 12.2. The molecule has 0 saturated heterocycles. The molecule has 0 radical (unpaired) electrons. The third-order valence-electron chi connectivity index (χ3n) is 4.27. The summed E-state index contributed by atoms with van der Waals surface area (Å²) in [6.45, 7) is -0.246. The monoisotopic (exact) mass is 511 g/mol. The number of nitrogens with zero attached hydrogens (tertiary/aromatic N) is 2. The zero-order chi connectivity index (χ0) is 23.1. The summed E-state index contributed by atoms with van der Waals surface area (Å²) in [4.78, 5) is 22.6. The minimum absolute atomic E-state index is 0.0655. The van der Waals surface area contributed by atoms with Crippen LogP contribution in [0.2, 0.25) is 5.02 Å². The number of allylic oxidation sites excluding steroid dienone is 1. The molecule has 3 aromatic carbocycles. The van der Waals surface area contributed by atoms with Gasteiger partial charge in [0.2, 0.25) is 0 Å². The molecule has 0 unspecified atom stereocenters. The highest BCUT2D eigenvalue weighted by atomic mass is 79.9. The van der Waals surface area contributed by atoms with Crippen molar-refractivity contribution in [1.82, 2.24) is 0 Å². The highest BCUT2D eigenvalue weighted by Crippen LogP contribution is 2.28. The topological polar surface area (TPSA) is 105 Å². The van der Waals surface area contributed by atoms with Gasteiger partial charge in [0.1, 0.15) is 5.75 Å². The number of nitro groups is 1. The number of amides is 1. The number of nitro benzene ring substituents is 1.